The molecule has 0 bridgehead atoms. The SMILES string of the molecule is Cc1nc2ccc(-c3ccccc3)cc2c(-c2ccccc2)c1-c1ccccc1. The second-order valence-corrected chi connectivity index (χ2v) is 7.28. The summed E-state index contributed by atoms with van der Waals surface area (Å²) in [7, 11) is 0. The molecular weight excluding hydrogens is 350 g/mol. The van der Waals surface area contributed by atoms with Crippen molar-refractivity contribution in [1.29, 1.82) is 0 Å². The summed E-state index contributed by atoms with van der Waals surface area (Å²) in [6.07, 6.45) is 0. The van der Waals surface area contributed by atoms with E-state index in [1.54, 1.807) is 0 Å². The molecule has 0 amide bonds. The van der Waals surface area contributed by atoms with Gasteiger partial charge in [0.05, 0.1) is 5.52 Å². The smallest absolute Gasteiger partial charge is 0.0712 e. The van der Waals surface area contributed by atoms with Crippen molar-refractivity contribution in [3.63, 3.8) is 0 Å². The normalized spacial score (nSPS) is 10.9. The van der Waals surface area contributed by atoms with Crippen LogP contribution in [0.25, 0.3) is 44.3 Å². The first kappa shape index (κ1) is 17.4. The Morgan fingerprint density at radius 2 is 1.00 bits per heavy atom. The molecule has 0 unspecified atom stereocenters. The summed E-state index contributed by atoms with van der Waals surface area (Å²) in [6, 6.07) is 38.4. The van der Waals surface area contributed by atoms with E-state index < -0.39 is 0 Å². The van der Waals surface area contributed by atoms with Gasteiger partial charge >= 0.3 is 0 Å². The van der Waals surface area contributed by atoms with Crippen molar-refractivity contribution in [2.24, 2.45) is 0 Å². The van der Waals surface area contributed by atoms with Crippen LogP contribution in [0, 0.1) is 6.92 Å². The van der Waals surface area contributed by atoms with E-state index in [0.29, 0.717) is 0 Å². The zero-order valence-corrected chi connectivity index (χ0v) is 16.3. The van der Waals surface area contributed by atoms with Crippen LogP contribution < -0.4 is 0 Å². The summed E-state index contributed by atoms with van der Waals surface area (Å²) in [5, 5.41) is 1.18. The average molecular weight is 371 g/mol. The summed E-state index contributed by atoms with van der Waals surface area (Å²) in [4.78, 5) is 4.97. The Labute approximate surface area is 171 Å². The minimum atomic E-state index is 1.03. The number of pyridine rings is 1. The number of benzene rings is 4. The second-order valence-electron chi connectivity index (χ2n) is 7.28. The molecule has 0 fully saturated rings. The first-order valence-corrected chi connectivity index (χ1v) is 9.92. The number of hydrogen-bond acceptors (Lipinski definition) is 1. The molecule has 0 aliphatic rings. The quantitative estimate of drug-likeness (QED) is 0.319. The van der Waals surface area contributed by atoms with Crippen molar-refractivity contribution in [2.75, 3.05) is 0 Å². The van der Waals surface area contributed by atoms with Crippen LogP contribution in [-0.4, -0.2) is 4.98 Å². The molecule has 0 aliphatic heterocycles. The third kappa shape index (κ3) is 3.21. The van der Waals surface area contributed by atoms with Crippen LogP contribution in [0.15, 0.2) is 109 Å². The lowest BCUT2D eigenvalue weighted by Gasteiger charge is -2.17. The Hall–Kier alpha value is -3.71. The summed E-state index contributed by atoms with van der Waals surface area (Å²) in [5.74, 6) is 0. The Morgan fingerprint density at radius 1 is 0.483 bits per heavy atom. The van der Waals surface area contributed by atoms with Gasteiger partial charge in [0.25, 0.3) is 0 Å². The van der Waals surface area contributed by atoms with Gasteiger partial charge in [0.15, 0.2) is 0 Å². The summed E-state index contributed by atoms with van der Waals surface area (Å²) >= 11 is 0. The molecule has 0 saturated carbocycles. The van der Waals surface area contributed by atoms with Crippen LogP contribution in [0.4, 0.5) is 0 Å². The highest BCUT2D eigenvalue weighted by atomic mass is 14.7. The van der Waals surface area contributed by atoms with Gasteiger partial charge in [-0.25, -0.2) is 0 Å². The average Bonchev–Trinajstić information content (AvgIpc) is 2.79. The number of aromatic nitrogens is 1. The lowest BCUT2D eigenvalue weighted by molar-refractivity contribution is 1.26. The number of nitrogens with zero attached hydrogens (tertiary/aromatic N) is 1. The molecular formula is C28H21N. The Kier molecular flexibility index (Phi) is 4.42. The van der Waals surface area contributed by atoms with Crippen LogP contribution in [0.2, 0.25) is 0 Å². The maximum atomic E-state index is 4.97. The largest absolute Gasteiger partial charge is 0.252 e. The van der Waals surface area contributed by atoms with E-state index in [2.05, 4.69) is 116 Å². The highest BCUT2D eigenvalue weighted by Crippen LogP contribution is 2.40. The van der Waals surface area contributed by atoms with Crippen molar-refractivity contribution in [3.05, 3.63) is 115 Å². The monoisotopic (exact) mass is 371 g/mol. The van der Waals surface area contributed by atoms with Gasteiger partial charge in [-0.2, -0.15) is 0 Å². The predicted molar refractivity (Wildman–Crippen MR) is 123 cm³/mol. The fourth-order valence-electron chi connectivity index (χ4n) is 4.06. The molecule has 0 saturated heterocycles. The number of rotatable bonds is 3. The van der Waals surface area contributed by atoms with Gasteiger partial charge in [-0.1, -0.05) is 97.1 Å². The van der Waals surface area contributed by atoms with E-state index in [9.17, 15) is 0 Å². The first-order valence-electron chi connectivity index (χ1n) is 9.92. The summed E-state index contributed by atoms with van der Waals surface area (Å²) in [5.41, 5.74) is 9.37. The zero-order chi connectivity index (χ0) is 19.6. The van der Waals surface area contributed by atoms with Crippen molar-refractivity contribution in [2.45, 2.75) is 6.92 Å². The van der Waals surface area contributed by atoms with Gasteiger partial charge in [0.1, 0.15) is 0 Å². The first-order chi connectivity index (χ1) is 14.3. The van der Waals surface area contributed by atoms with Crippen molar-refractivity contribution in [1.82, 2.24) is 4.98 Å². The molecule has 1 heterocycles. The van der Waals surface area contributed by atoms with Gasteiger partial charge in [-0.3, -0.25) is 4.98 Å². The molecule has 4 aromatic carbocycles. The minimum absolute atomic E-state index is 1.03. The number of fused-ring (bicyclic) bond motifs is 1. The van der Waals surface area contributed by atoms with E-state index in [1.807, 2.05) is 0 Å². The summed E-state index contributed by atoms with van der Waals surface area (Å²) in [6.45, 7) is 2.11. The molecule has 1 aromatic heterocycles. The lowest BCUT2D eigenvalue weighted by Crippen LogP contribution is -1.96. The lowest BCUT2D eigenvalue weighted by atomic mass is 9.89. The highest BCUT2D eigenvalue weighted by molar-refractivity contribution is 6.04. The second kappa shape index (κ2) is 7.37. The fourth-order valence-corrected chi connectivity index (χ4v) is 4.06. The van der Waals surface area contributed by atoms with Gasteiger partial charge in [-0.05, 0) is 41.3 Å². The van der Waals surface area contributed by atoms with Gasteiger partial charge < -0.3 is 0 Å². The van der Waals surface area contributed by atoms with E-state index >= 15 is 0 Å². The maximum absolute atomic E-state index is 4.97. The molecule has 5 aromatic rings. The van der Waals surface area contributed by atoms with Gasteiger partial charge in [0.2, 0.25) is 0 Å². The number of aryl methyl sites for hydroxylation is 1. The third-order valence-electron chi connectivity index (χ3n) is 5.40. The van der Waals surface area contributed by atoms with E-state index in [4.69, 9.17) is 4.98 Å². The molecule has 0 aliphatic carbocycles. The molecule has 5 rings (SSSR count). The van der Waals surface area contributed by atoms with Crippen LogP contribution in [0.1, 0.15) is 5.69 Å². The van der Waals surface area contributed by atoms with Crippen LogP contribution >= 0.6 is 0 Å². The number of hydrogen-bond donors (Lipinski definition) is 0. The molecule has 29 heavy (non-hydrogen) atoms. The van der Waals surface area contributed by atoms with Crippen LogP contribution in [0.5, 0.6) is 0 Å². The molecule has 138 valence electrons. The Morgan fingerprint density at radius 3 is 1.59 bits per heavy atom. The van der Waals surface area contributed by atoms with Crippen molar-refractivity contribution >= 4 is 10.9 Å². The predicted octanol–water partition coefficient (Wildman–Crippen LogP) is 7.54. The zero-order valence-electron chi connectivity index (χ0n) is 16.3. The van der Waals surface area contributed by atoms with Gasteiger partial charge in [-0.15, -0.1) is 0 Å². The summed E-state index contributed by atoms with van der Waals surface area (Å²) < 4.78 is 0. The van der Waals surface area contributed by atoms with E-state index in [-0.39, 0.29) is 0 Å². The van der Waals surface area contributed by atoms with Crippen LogP contribution in [0.3, 0.4) is 0 Å². The third-order valence-corrected chi connectivity index (χ3v) is 5.40. The van der Waals surface area contributed by atoms with Crippen molar-refractivity contribution < 1.29 is 0 Å². The van der Waals surface area contributed by atoms with E-state index in [0.717, 1.165) is 11.2 Å². The topological polar surface area (TPSA) is 12.9 Å². The van der Waals surface area contributed by atoms with Crippen LogP contribution in [-0.2, 0) is 0 Å². The Bertz CT molecular complexity index is 1270. The highest BCUT2D eigenvalue weighted by Gasteiger charge is 2.16. The maximum Gasteiger partial charge on any atom is 0.0712 e. The molecule has 1 heteroatoms. The van der Waals surface area contributed by atoms with E-state index in [1.165, 1.54) is 38.8 Å². The molecule has 0 spiro atoms. The standard InChI is InChI=1S/C28H21N/c1-20-27(22-13-7-3-8-14-22)28(23-15-9-4-10-16-23)25-19-24(17-18-26(25)29-20)21-11-5-2-6-12-21/h2-19H,1H3. The molecule has 0 radical (unpaired) electrons. The van der Waals surface area contributed by atoms with Crippen molar-refractivity contribution in [3.8, 4) is 33.4 Å². The van der Waals surface area contributed by atoms with Gasteiger partial charge in [0, 0.05) is 22.2 Å². The molecule has 0 atom stereocenters. The fraction of sp³-hybridized carbons (Fsp3) is 0.0357. The molecule has 0 N–H and O–H groups in total. The Balaban J connectivity index is 1.88. The minimum Gasteiger partial charge on any atom is -0.252 e. The molecule has 1 nitrogen and oxygen atoms in total.